The van der Waals surface area contributed by atoms with Crippen LogP contribution in [0.3, 0.4) is 0 Å². The summed E-state index contributed by atoms with van der Waals surface area (Å²) in [5.41, 5.74) is 0.941. The van der Waals surface area contributed by atoms with E-state index in [2.05, 4.69) is 36.8 Å². The summed E-state index contributed by atoms with van der Waals surface area (Å²) in [7, 11) is 0. The molecule has 0 spiro atoms. The van der Waals surface area contributed by atoms with Crippen LogP contribution in [0, 0.1) is 5.82 Å². The molecule has 88 valence electrons. The Labute approximate surface area is 115 Å². The molecule has 1 heterocycles. The molecule has 0 amide bonds. The minimum atomic E-state index is -0.480. The van der Waals surface area contributed by atoms with Crippen LogP contribution in [0.1, 0.15) is 5.56 Å². The summed E-state index contributed by atoms with van der Waals surface area (Å²) in [6.45, 7) is 0.271. The lowest BCUT2D eigenvalue weighted by atomic mass is 10.2. The van der Waals surface area contributed by atoms with E-state index in [1.54, 1.807) is 0 Å². The molecule has 0 saturated heterocycles. The smallest absolute Gasteiger partial charge is 0.250 e. The Morgan fingerprint density at radius 3 is 2.71 bits per heavy atom. The van der Waals surface area contributed by atoms with Crippen LogP contribution in [-0.2, 0) is 6.61 Å². The van der Waals surface area contributed by atoms with E-state index in [0.29, 0.717) is 4.47 Å². The summed E-state index contributed by atoms with van der Waals surface area (Å²) in [5.74, 6) is -0.476. The number of benzene rings is 1. The Kier molecular flexibility index (Phi) is 4.12. The van der Waals surface area contributed by atoms with Gasteiger partial charge in [-0.25, -0.2) is 9.37 Å². The van der Waals surface area contributed by atoms with Crippen LogP contribution >= 0.6 is 31.9 Å². The fraction of sp³-hybridized carbons (Fsp3) is 0.0833. The zero-order valence-corrected chi connectivity index (χ0v) is 11.8. The molecule has 1 aromatic heterocycles. The molecule has 0 aliphatic rings. The molecule has 5 heteroatoms. The molecule has 1 aromatic carbocycles. The van der Waals surface area contributed by atoms with Crippen molar-refractivity contribution in [2.75, 3.05) is 0 Å². The average Bonchev–Trinajstić information content (AvgIpc) is 2.30. The summed E-state index contributed by atoms with van der Waals surface area (Å²) in [4.78, 5) is 3.86. The van der Waals surface area contributed by atoms with Gasteiger partial charge in [-0.3, -0.25) is 0 Å². The van der Waals surface area contributed by atoms with Crippen molar-refractivity contribution in [1.82, 2.24) is 4.98 Å². The van der Waals surface area contributed by atoms with E-state index in [1.807, 2.05) is 24.3 Å². The van der Waals surface area contributed by atoms with Crippen molar-refractivity contribution < 1.29 is 9.13 Å². The van der Waals surface area contributed by atoms with Crippen molar-refractivity contribution in [2.24, 2.45) is 0 Å². The van der Waals surface area contributed by atoms with Gasteiger partial charge in [0, 0.05) is 20.7 Å². The molecule has 2 aromatic rings. The summed E-state index contributed by atoms with van der Waals surface area (Å²) in [6, 6.07) is 8.94. The molecule has 17 heavy (non-hydrogen) atoms. The molecule has 0 bridgehead atoms. The quantitative estimate of drug-likeness (QED) is 0.812. The maximum absolute atomic E-state index is 13.4. The van der Waals surface area contributed by atoms with Crippen molar-refractivity contribution in [3.8, 4) is 5.88 Å². The SMILES string of the molecule is Fc1cc(Br)cnc1OCc1ccccc1Br. The van der Waals surface area contributed by atoms with E-state index < -0.39 is 5.82 Å². The number of ether oxygens (including phenoxy) is 1. The second-order valence-corrected chi connectivity index (χ2v) is 5.09. The van der Waals surface area contributed by atoms with Crippen molar-refractivity contribution in [2.45, 2.75) is 6.61 Å². The third-order valence-corrected chi connectivity index (χ3v) is 3.30. The van der Waals surface area contributed by atoms with Crippen LogP contribution in [-0.4, -0.2) is 4.98 Å². The van der Waals surface area contributed by atoms with Gasteiger partial charge in [0.05, 0.1) is 0 Å². The van der Waals surface area contributed by atoms with E-state index in [1.165, 1.54) is 12.3 Å². The van der Waals surface area contributed by atoms with Gasteiger partial charge in [0.25, 0.3) is 5.88 Å². The number of aromatic nitrogens is 1. The van der Waals surface area contributed by atoms with Gasteiger partial charge in [0.2, 0.25) is 0 Å². The lowest BCUT2D eigenvalue weighted by Crippen LogP contribution is -2.00. The van der Waals surface area contributed by atoms with E-state index in [-0.39, 0.29) is 12.5 Å². The molecule has 2 nitrogen and oxygen atoms in total. The number of nitrogens with zero attached hydrogens (tertiary/aromatic N) is 1. The van der Waals surface area contributed by atoms with E-state index in [4.69, 9.17) is 4.74 Å². The summed E-state index contributed by atoms with van der Waals surface area (Å²) >= 11 is 6.54. The number of rotatable bonds is 3. The van der Waals surface area contributed by atoms with E-state index >= 15 is 0 Å². The summed E-state index contributed by atoms with van der Waals surface area (Å²) < 4.78 is 20.3. The van der Waals surface area contributed by atoms with Crippen molar-refractivity contribution >= 4 is 31.9 Å². The van der Waals surface area contributed by atoms with Gasteiger partial charge in [-0.1, -0.05) is 34.1 Å². The van der Waals surface area contributed by atoms with Gasteiger partial charge in [-0.15, -0.1) is 0 Å². The molecular formula is C12H8Br2FNO. The number of hydrogen-bond acceptors (Lipinski definition) is 2. The molecule has 2 rings (SSSR count). The molecule has 0 N–H and O–H groups in total. The third kappa shape index (κ3) is 3.26. The average molecular weight is 361 g/mol. The summed E-state index contributed by atoms with van der Waals surface area (Å²) in [5, 5.41) is 0. The predicted octanol–water partition coefficient (Wildman–Crippen LogP) is 4.32. The zero-order chi connectivity index (χ0) is 12.3. The summed E-state index contributed by atoms with van der Waals surface area (Å²) in [6.07, 6.45) is 1.50. The van der Waals surface area contributed by atoms with Gasteiger partial charge < -0.3 is 4.74 Å². The first kappa shape index (κ1) is 12.5. The fourth-order valence-corrected chi connectivity index (χ4v) is 1.97. The maximum Gasteiger partial charge on any atom is 0.250 e. The lowest BCUT2D eigenvalue weighted by Gasteiger charge is -2.07. The fourth-order valence-electron chi connectivity index (χ4n) is 1.27. The minimum absolute atomic E-state index is 0.00366. The van der Waals surface area contributed by atoms with Crippen molar-refractivity contribution in [3.63, 3.8) is 0 Å². The predicted molar refractivity (Wildman–Crippen MR) is 70.4 cm³/mol. The number of pyridine rings is 1. The first-order valence-electron chi connectivity index (χ1n) is 4.84. The van der Waals surface area contributed by atoms with E-state index in [9.17, 15) is 4.39 Å². The highest BCUT2D eigenvalue weighted by molar-refractivity contribution is 9.10. The first-order valence-corrected chi connectivity index (χ1v) is 6.42. The van der Waals surface area contributed by atoms with Gasteiger partial charge in [0.1, 0.15) is 6.61 Å². The topological polar surface area (TPSA) is 22.1 Å². The second-order valence-electron chi connectivity index (χ2n) is 3.32. The molecule has 0 fully saturated rings. The van der Waals surface area contributed by atoms with Crippen molar-refractivity contribution in [1.29, 1.82) is 0 Å². The van der Waals surface area contributed by atoms with E-state index in [0.717, 1.165) is 10.0 Å². The molecule has 0 radical (unpaired) electrons. The Bertz CT molecular complexity index is 534. The minimum Gasteiger partial charge on any atom is -0.471 e. The van der Waals surface area contributed by atoms with Crippen LogP contribution in [0.25, 0.3) is 0 Å². The molecule has 0 unspecified atom stereocenters. The van der Waals surface area contributed by atoms with Gasteiger partial charge >= 0.3 is 0 Å². The number of halogens is 3. The Hall–Kier alpha value is -0.940. The monoisotopic (exact) mass is 359 g/mol. The van der Waals surface area contributed by atoms with Crippen LogP contribution in [0.2, 0.25) is 0 Å². The third-order valence-electron chi connectivity index (χ3n) is 2.10. The van der Waals surface area contributed by atoms with Crippen LogP contribution in [0.15, 0.2) is 45.5 Å². The highest BCUT2D eigenvalue weighted by atomic mass is 79.9. The molecule has 0 saturated carbocycles. The highest BCUT2D eigenvalue weighted by Gasteiger charge is 2.07. The Balaban J connectivity index is 2.10. The molecule has 0 atom stereocenters. The second kappa shape index (κ2) is 5.60. The molecule has 0 aliphatic heterocycles. The largest absolute Gasteiger partial charge is 0.471 e. The Morgan fingerprint density at radius 1 is 1.24 bits per heavy atom. The molecular weight excluding hydrogens is 353 g/mol. The maximum atomic E-state index is 13.4. The Morgan fingerprint density at radius 2 is 2.00 bits per heavy atom. The zero-order valence-electron chi connectivity index (χ0n) is 8.66. The van der Waals surface area contributed by atoms with Crippen molar-refractivity contribution in [3.05, 3.63) is 56.9 Å². The van der Waals surface area contributed by atoms with Crippen LogP contribution in [0.5, 0.6) is 5.88 Å². The number of hydrogen-bond donors (Lipinski definition) is 0. The van der Waals surface area contributed by atoms with Crippen LogP contribution < -0.4 is 4.74 Å². The highest BCUT2D eigenvalue weighted by Crippen LogP contribution is 2.21. The lowest BCUT2D eigenvalue weighted by molar-refractivity contribution is 0.276. The first-order chi connectivity index (χ1) is 8.16. The normalized spacial score (nSPS) is 10.3. The standard InChI is InChI=1S/C12H8Br2FNO/c13-9-5-11(15)12(16-6-9)17-7-8-3-1-2-4-10(8)14/h1-6H,7H2. The van der Waals surface area contributed by atoms with Gasteiger partial charge in [-0.2, -0.15) is 0 Å². The van der Waals surface area contributed by atoms with Crippen LogP contribution in [0.4, 0.5) is 4.39 Å². The van der Waals surface area contributed by atoms with Gasteiger partial charge in [0.15, 0.2) is 5.82 Å². The molecule has 0 aliphatic carbocycles. The van der Waals surface area contributed by atoms with Gasteiger partial charge in [-0.05, 0) is 28.1 Å².